The van der Waals surface area contributed by atoms with Crippen molar-refractivity contribution in [2.45, 2.75) is 63.8 Å². The zero-order chi connectivity index (χ0) is 19.7. The normalized spacial score (nSPS) is 26.7. The topological polar surface area (TPSA) is 49.8 Å². The summed E-state index contributed by atoms with van der Waals surface area (Å²) in [5, 5.41) is 8.93. The molecule has 2 aliphatic carbocycles. The van der Waals surface area contributed by atoms with Gasteiger partial charge in [0.05, 0.1) is 11.8 Å². The quantitative estimate of drug-likeness (QED) is 0.701. The van der Waals surface area contributed by atoms with Crippen LogP contribution in [0.3, 0.4) is 0 Å². The Balaban J connectivity index is 1.54. The van der Waals surface area contributed by atoms with Crippen LogP contribution in [-0.4, -0.2) is 41.5 Å². The maximum Gasteiger partial charge on any atom is 0.523 e. The standard InChI is InChI=1S/C19H25F4NO3/c20-15-2-1-14(27-19(21,22)23)12-16(15)24-9-7-18(8-10-24)5-3-13(4-6-18)11-17(25)26/h1-2,13-14H,3-12H2,(H,25,26). The summed E-state index contributed by atoms with van der Waals surface area (Å²) in [5.41, 5.74) is 0.454. The number of carboxylic acid groups (broad SMARTS) is 1. The van der Waals surface area contributed by atoms with Crippen LogP contribution in [-0.2, 0) is 9.53 Å². The van der Waals surface area contributed by atoms with Gasteiger partial charge in [0, 0.05) is 25.9 Å². The number of hydrogen-bond acceptors (Lipinski definition) is 3. The number of halogens is 4. The van der Waals surface area contributed by atoms with Crippen LogP contribution in [0.5, 0.6) is 0 Å². The van der Waals surface area contributed by atoms with E-state index in [4.69, 9.17) is 5.11 Å². The number of rotatable bonds is 4. The van der Waals surface area contributed by atoms with E-state index < -0.39 is 24.3 Å². The molecule has 4 nitrogen and oxygen atoms in total. The van der Waals surface area contributed by atoms with Crippen molar-refractivity contribution in [3.05, 3.63) is 23.7 Å². The first kappa shape index (κ1) is 20.2. The number of hydrogen-bond donors (Lipinski definition) is 1. The molecule has 1 atom stereocenters. The number of alkyl halides is 3. The number of likely N-dealkylation sites (tertiary alicyclic amines) is 1. The van der Waals surface area contributed by atoms with Gasteiger partial charge in [-0.2, -0.15) is 0 Å². The van der Waals surface area contributed by atoms with Crippen molar-refractivity contribution in [3.63, 3.8) is 0 Å². The van der Waals surface area contributed by atoms with E-state index in [1.165, 1.54) is 0 Å². The van der Waals surface area contributed by atoms with E-state index in [9.17, 15) is 22.4 Å². The third kappa shape index (κ3) is 5.24. The average molecular weight is 391 g/mol. The van der Waals surface area contributed by atoms with E-state index in [0.29, 0.717) is 18.8 Å². The summed E-state index contributed by atoms with van der Waals surface area (Å²) in [7, 11) is 0. The van der Waals surface area contributed by atoms with Crippen LogP contribution in [0.2, 0.25) is 0 Å². The van der Waals surface area contributed by atoms with Gasteiger partial charge in [0.1, 0.15) is 5.83 Å². The molecule has 27 heavy (non-hydrogen) atoms. The largest absolute Gasteiger partial charge is 0.523 e. The molecule has 0 amide bonds. The van der Waals surface area contributed by atoms with Crippen molar-refractivity contribution in [2.75, 3.05) is 13.1 Å². The molecule has 2 fully saturated rings. The molecule has 0 aromatic rings. The molecule has 1 spiro atoms. The molecule has 1 saturated carbocycles. The third-order valence-corrected chi connectivity index (χ3v) is 6.25. The van der Waals surface area contributed by atoms with E-state index in [0.717, 1.165) is 50.7 Å². The first-order valence-electron chi connectivity index (χ1n) is 9.44. The van der Waals surface area contributed by atoms with Gasteiger partial charge in [-0.15, -0.1) is 13.2 Å². The number of ether oxygens (including phenoxy) is 1. The summed E-state index contributed by atoms with van der Waals surface area (Å²) in [6.45, 7) is 1.22. The van der Waals surface area contributed by atoms with E-state index in [1.807, 2.05) is 4.90 Å². The minimum Gasteiger partial charge on any atom is -0.481 e. The van der Waals surface area contributed by atoms with Crippen molar-refractivity contribution in [1.29, 1.82) is 0 Å². The summed E-state index contributed by atoms with van der Waals surface area (Å²) < 4.78 is 55.6. The number of piperidine rings is 1. The molecule has 0 aromatic carbocycles. The van der Waals surface area contributed by atoms with Crippen LogP contribution < -0.4 is 0 Å². The molecule has 3 rings (SSSR count). The Morgan fingerprint density at radius 3 is 2.41 bits per heavy atom. The van der Waals surface area contributed by atoms with Crippen molar-refractivity contribution >= 4 is 5.97 Å². The molecule has 0 aromatic heterocycles. The van der Waals surface area contributed by atoms with Gasteiger partial charge in [-0.3, -0.25) is 9.53 Å². The summed E-state index contributed by atoms with van der Waals surface area (Å²) in [5.74, 6) is -1.01. The van der Waals surface area contributed by atoms with E-state index in [-0.39, 0.29) is 24.2 Å². The van der Waals surface area contributed by atoms with Gasteiger partial charge < -0.3 is 10.0 Å². The fourth-order valence-electron chi connectivity index (χ4n) is 4.67. The average Bonchev–Trinajstić information content (AvgIpc) is 2.58. The molecule has 0 radical (unpaired) electrons. The minimum absolute atomic E-state index is 0.116. The second kappa shape index (κ2) is 7.81. The first-order valence-corrected chi connectivity index (χ1v) is 9.44. The van der Waals surface area contributed by atoms with Crippen molar-refractivity contribution in [3.8, 4) is 0 Å². The molecule has 1 N–H and O–H groups in total. The van der Waals surface area contributed by atoms with Crippen LogP contribution in [0, 0.1) is 11.3 Å². The summed E-state index contributed by atoms with van der Waals surface area (Å²) in [6, 6.07) is 0. The first-order chi connectivity index (χ1) is 12.7. The smallest absolute Gasteiger partial charge is 0.481 e. The number of nitrogens with zero attached hydrogens (tertiary/aromatic N) is 1. The predicted molar refractivity (Wildman–Crippen MR) is 90.3 cm³/mol. The maximum atomic E-state index is 14.2. The molecule has 152 valence electrons. The van der Waals surface area contributed by atoms with Crippen LogP contribution in [0.4, 0.5) is 17.6 Å². The monoisotopic (exact) mass is 391 g/mol. The summed E-state index contributed by atoms with van der Waals surface area (Å²) in [6.07, 6.45) is 1.80. The highest BCUT2D eigenvalue weighted by Crippen LogP contribution is 2.48. The Hall–Kier alpha value is -1.57. The Bertz CT molecular complexity index is 611. The molecule has 1 saturated heterocycles. The van der Waals surface area contributed by atoms with E-state index in [1.54, 1.807) is 0 Å². The highest BCUT2D eigenvalue weighted by atomic mass is 19.4. The molecule has 1 heterocycles. The van der Waals surface area contributed by atoms with Crippen LogP contribution in [0.25, 0.3) is 0 Å². The lowest BCUT2D eigenvalue weighted by atomic mass is 9.65. The molecular weight excluding hydrogens is 366 g/mol. The highest BCUT2D eigenvalue weighted by molar-refractivity contribution is 5.67. The second-order valence-corrected chi connectivity index (χ2v) is 7.99. The number of aliphatic carboxylic acids is 1. The Labute approximate surface area is 155 Å². The molecular formula is C19H25F4NO3. The van der Waals surface area contributed by atoms with Gasteiger partial charge in [0.2, 0.25) is 0 Å². The number of allylic oxidation sites excluding steroid dienone is 2. The van der Waals surface area contributed by atoms with Crippen LogP contribution in [0.15, 0.2) is 23.7 Å². The van der Waals surface area contributed by atoms with Gasteiger partial charge in [-0.1, -0.05) is 6.08 Å². The lowest BCUT2D eigenvalue weighted by Crippen LogP contribution is -2.42. The Morgan fingerprint density at radius 2 is 1.85 bits per heavy atom. The number of carbonyl (C=O) groups is 1. The van der Waals surface area contributed by atoms with E-state index >= 15 is 0 Å². The SMILES string of the molecule is O=C(O)CC1CCC2(CC1)CCN(C1=C(F)C=CC(OC(F)(F)F)C1)CC2. The fraction of sp³-hybridized carbons (Fsp3) is 0.737. The van der Waals surface area contributed by atoms with Crippen molar-refractivity contribution in [2.24, 2.45) is 11.3 Å². The molecule has 1 aliphatic heterocycles. The lowest BCUT2D eigenvalue weighted by Gasteiger charge is -2.47. The van der Waals surface area contributed by atoms with Crippen molar-refractivity contribution < 1.29 is 32.2 Å². The zero-order valence-electron chi connectivity index (χ0n) is 15.1. The predicted octanol–water partition coefficient (Wildman–Crippen LogP) is 4.78. The minimum atomic E-state index is -4.74. The van der Waals surface area contributed by atoms with Gasteiger partial charge >= 0.3 is 12.3 Å². The fourth-order valence-corrected chi connectivity index (χ4v) is 4.67. The lowest BCUT2D eigenvalue weighted by molar-refractivity contribution is -0.336. The Kier molecular flexibility index (Phi) is 5.84. The van der Waals surface area contributed by atoms with Gasteiger partial charge in [-0.05, 0) is 55.9 Å². The summed E-state index contributed by atoms with van der Waals surface area (Å²) >= 11 is 0. The van der Waals surface area contributed by atoms with Crippen molar-refractivity contribution in [1.82, 2.24) is 4.90 Å². The van der Waals surface area contributed by atoms with Gasteiger partial charge in [-0.25, -0.2) is 4.39 Å². The molecule has 0 bridgehead atoms. The van der Waals surface area contributed by atoms with Crippen LogP contribution in [0.1, 0.15) is 51.4 Å². The summed E-state index contributed by atoms with van der Waals surface area (Å²) in [4.78, 5) is 12.7. The zero-order valence-corrected chi connectivity index (χ0v) is 15.1. The van der Waals surface area contributed by atoms with Crippen LogP contribution >= 0.6 is 0 Å². The van der Waals surface area contributed by atoms with E-state index in [2.05, 4.69) is 4.74 Å². The molecule has 3 aliphatic rings. The number of carboxylic acids is 1. The molecule has 1 unspecified atom stereocenters. The second-order valence-electron chi connectivity index (χ2n) is 7.99. The Morgan fingerprint density at radius 1 is 1.22 bits per heavy atom. The van der Waals surface area contributed by atoms with Gasteiger partial charge in [0.25, 0.3) is 0 Å². The molecule has 8 heteroatoms. The highest BCUT2D eigenvalue weighted by Gasteiger charge is 2.40. The third-order valence-electron chi connectivity index (χ3n) is 6.25. The van der Waals surface area contributed by atoms with Gasteiger partial charge in [0.15, 0.2) is 0 Å². The maximum absolute atomic E-state index is 14.2.